The first-order valence-corrected chi connectivity index (χ1v) is 14.5. The third-order valence-corrected chi connectivity index (χ3v) is 8.84. The average Bonchev–Trinajstić information content (AvgIpc) is 3.45. The summed E-state index contributed by atoms with van der Waals surface area (Å²) in [4.78, 5) is 3.10. The molecule has 3 heteroatoms. The van der Waals surface area contributed by atoms with Crippen molar-refractivity contribution in [1.82, 2.24) is 0 Å². The van der Waals surface area contributed by atoms with Gasteiger partial charge in [-0.15, -0.1) is 0 Å². The zero-order valence-corrected chi connectivity index (χ0v) is 22.3. The molecule has 0 aliphatic rings. The van der Waals surface area contributed by atoms with Crippen LogP contribution in [0.25, 0.3) is 0 Å². The number of hydrogen-bond acceptors (Lipinski definition) is 2. The van der Waals surface area contributed by atoms with E-state index >= 15 is 0 Å². The minimum absolute atomic E-state index is 0.375. The highest BCUT2D eigenvalue weighted by atomic mass is 32.1. The Morgan fingerprint density at radius 3 is 1.56 bits per heavy atom. The van der Waals surface area contributed by atoms with Gasteiger partial charge in [0, 0.05) is 9.75 Å². The van der Waals surface area contributed by atoms with E-state index < -0.39 is 0 Å². The van der Waals surface area contributed by atoms with E-state index in [1.807, 2.05) is 22.7 Å². The smallest absolute Gasteiger partial charge is 0.154 e. The van der Waals surface area contributed by atoms with Gasteiger partial charge < -0.3 is 0 Å². The lowest BCUT2D eigenvalue weighted by molar-refractivity contribution is 0.670. The van der Waals surface area contributed by atoms with Crippen LogP contribution in [0.3, 0.4) is 0 Å². The van der Waals surface area contributed by atoms with Crippen LogP contribution in [0.5, 0.6) is 0 Å². The van der Waals surface area contributed by atoms with Crippen LogP contribution in [0.1, 0.15) is 100 Å². The molecule has 32 heavy (non-hydrogen) atoms. The summed E-state index contributed by atoms with van der Waals surface area (Å²) >= 11 is 4.08. The van der Waals surface area contributed by atoms with E-state index in [9.17, 15) is 0 Å². The van der Waals surface area contributed by atoms with E-state index in [0.717, 1.165) is 0 Å². The van der Waals surface area contributed by atoms with Crippen molar-refractivity contribution in [2.45, 2.75) is 97.8 Å². The predicted octanol–water partition coefficient (Wildman–Crippen LogP) is 7.69. The molecule has 3 rings (SSSR count). The van der Waals surface area contributed by atoms with E-state index in [0.29, 0.717) is 12.6 Å². The molecule has 172 valence electrons. The summed E-state index contributed by atoms with van der Waals surface area (Å²) in [5.41, 5.74) is 2.87. The van der Waals surface area contributed by atoms with Crippen LogP contribution >= 0.6 is 22.7 Å². The van der Waals surface area contributed by atoms with Gasteiger partial charge in [0.2, 0.25) is 0 Å². The molecular weight excluding hydrogens is 423 g/mol. The Hall–Kier alpha value is -1.32. The quantitative estimate of drug-likeness (QED) is 0.169. The second kappa shape index (κ2) is 13.4. The molecule has 3 aromatic rings. The van der Waals surface area contributed by atoms with E-state index in [4.69, 9.17) is 0 Å². The van der Waals surface area contributed by atoms with Gasteiger partial charge >= 0.3 is 0 Å². The number of rotatable bonds is 14. The highest BCUT2D eigenvalue weighted by Crippen LogP contribution is 2.18. The average molecular weight is 465 g/mol. The molecule has 0 atom stereocenters. The van der Waals surface area contributed by atoms with Crippen LogP contribution in [-0.2, 0) is 12.8 Å². The van der Waals surface area contributed by atoms with Gasteiger partial charge in [-0.1, -0.05) is 108 Å². The molecule has 0 saturated heterocycles. The first-order valence-electron chi connectivity index (χ1n) is 12.9. The van der Waals surface area contributed by atoms with Gasteiger partial charge in [0.1, 0.15) is 0 Å². The molecule has 1 aromatic carbocycles. The zero-order valence-electron chi connectivity index (χ0n) is 20.7. The van der Waals surface area contributed by atoms with Gasteiger partial charge in [0.15, 0.2) is 0 Å². The van der Waals surface area contributed by atoms with Crippen molar-refractivity contribution in [1.29, 1.82) is 0 Å². The third kappa shape index (κ3) is 7.35. The van der Waals surface area contributed by atoms with Gasteiger partial charge in [-0.25, -0.2) is 0 Å². The Kier molecular flexibility index (Phi) is 10.6. The maximum Gasteiger partial charge on any atom is 0.266 e. The zero-order chi connectivity index (χ0) is 22.8. The summed E-state index contributed by atoms with van der Waals surface area (Å²) in [6.45, 7) is 9.51. The van der Waals surface area contributed by atoms with Crippen LogP contribution in [-0.4, -0.2) is 6.71 Å². The normalized spacial score (nSPS) is 11.4. The van der Waals surface area contributed by atoms with Crippen molar-refractivity contribution in [3.05, 3.63) is 63.8 Å². The van der Waals surface area contributed by atoms with Crippen molar-refractivity contribution in [2.75, 3.05) is 0 Å². The van der Waals surface area contributed by atoms with Gasteiger partial charge in [-0.2, -0.15) is 22.7 Å². The number of aryl methyl sites for hydroxylation is 2. The Morgan fingerprint density at radius 2 is 1.12 bits per heavy atom. The lowest BCUT2D eigenvalue weighted by atomic mass is 9.43. The van der Waals surface area contributed by atoms with Crippen LogP contribution in [0.2, 0.25) is 0 Å². The number of unbranched alkanes of at least 4 members (excludes halogenated alkanes) is 6. The molecule has 0 nitrogen and oxygen atoms in total. The lowest BCUT2D eigenvalue weighted by Gasteiger charge is -2.13. The summed E-state index contributed by atoms with van der Waals surface area (Å²) in [6.07, 6.45) is 13.2. The fourth-order valence-corrected chi connectivity index (χ4v) is 6.84. The van der Waals surface area contributed by atoms with Gasteiger partial charge in [0.05, 0.1) is 0 Å². The molecule has 0 N–H and O–H groups in total. The topological polar surface area (TPSA) is 0 Å². The highest BCUT2D eigenvalue weighted by Gasteiger charge is 2.25. The molecule has 2 heterocycles. The number of benzene rings is 1. The van der Waals surface area contributed by atoms with Crippen LogP contribution in [0, 0.1) is 0 Å². The SMILES string of the molecule is CCCCCCc1ccc(B(c2ccc(C(C)C)cc2)c2ccc(CCCCCC)s2)s1. The molecule has 0 amide bonds. The maximum atomic E-state index is 2.40. The fraction of sp³-hybridized carbons (Fsp3) is 0.517. The van der Waals surface area contributed by atoms with Crippen LogP contribution in [0.15, 0.2) is 48.5 Å². The Balaban J connectivity index is 1.81. The molecule has 0 fully saturated rings. The molecule has 0 unspecified atom stereocenters. The van der Waals surface area contributed by atoms with E-state index in [1.165, 1.54) is 84.8 Å². The van der Waals surface area contributed by atoms with Gasteiger partial charge in [-0.05, 0) is 58.9 Å². The molecule has 0 radical (unpaired) electrons. The summed E-state index contributed by atoms with van der Waals surface area (Å²) in [5, 5.41) is 0. The summed E-state index contributed by atoms with van der Waals surface area (Å²) in [6, 6.07) is 19.0. The van der Waals surface area contributed by atoms with Crippen molar-refractivity contribution >= 4 is 44.4 Å². The van der Waals surface area contributed by atoms with E-state index in [-0.39, 0.29) is 0 Å². The van der Waals surface area contributed by atoms with Crippen LogP contribution < -0.4 is 15.0 Å². The number of thiophene rings is 2. The summed E-state index contributed by atoms with van der Waals surface area (Å²) in [7, 11) is 0. The van der Waals surface area contributed by atoms with E-state index in [2.05, 4.69) is 76.2 Å². The van der Waals surface area contributed by atoms with Crippen molar-refractivity contribution < 1.29 is 0 Å². The van der Waals surface area contributed by atoms with Gasteiger partial charge in [-0.3, -0.25) is 0 Å². The van der Waals surface area contributed by atoms with E-state index in [1.54, 1.807) is 9.75 Å². The first-order chi connectivity index (χ1) is 15.6. The van der Waals surface area contributed by atoms with Crippen molar-refractivity contribution in [2.24, 2.45) is 0 Å². The predicted molar refractivity (Wildman–Crippen MR) is 150 cm³/mol. The largest absolute Gasteiger partial charge is 0.266 e. The molecule has 0 saturated carbocycles. The first kappa shape index (κ1) is 25.3. The fourth-order valence-electron chi connectivity index (χ4n) is 4.36. The maximum absolute atomic E-state index is 2.40. The molecule has 2 aromatic heterocycles. The van der Waals surface area contributed by atoms with Crippen molar-refractivity contribution in [3.8, 4) is 0 Å². The van der Waals surface area contributed by atoms with Crippen molar-refractivity contribution in [3.63, 3.8) is 0 Å². The standard InChI is InChI=1S/C29H41BS2/c1-5-7-9-11-13-26-19-21-28(31-26)30(25-17-15-24(16-18-25)23(3)4)29-22-20-27(32-29)14-12-10-8-6-2/h15-23H,5-14H2,1-4H3. The summed E-state index contributed by atoms with van der Waals surface area (Å²) in [5.74, 6) is 0.579. The lowest BCUT2D eigenvalue weighted by Crippen LogP contribution is -2.49. The second-order valence-electron chi connectivity index (χ2n) is 9.48. The molecule has 0 aliphatic heterocycles. The Labute approximate surface area is 205 Å². The Bertz CT molecular complexity index is 853. The van der Waals surface area contributed by atoms with Crippen LogP contribution in [0.4, 0.5) is 0 Å². The minimum Gasteiger partial charge on any atom is -0.154 e. The Morgan fingerprint density at radius 1 is 0.625 bits per heavy atom. The molecular formula is C29H41BS2. The summed E-state index contributed by atoms with van der Waals surface area (Å²) < 4.78 is 3.01. The third-order valence-electron chi connectivity index (χ3n) is 6.42. The second-order valence-corrected chi connectivity index (χ2v) is 11.9. The molecule has 0 spiro atoms. The van der Waals surface area contributed by atoms with Gasteiger partial charge in [0.25, 0.3) is 6.71 Å². The molecule has 0 aliphatic carbocycles. The number of hydrogen-bond donors (Lipinski definition) is 0. The minimum atomic E-state index is 0.375. The molecule has 0 bridgehead atoms. The monoisotopic (exact) mass is 464 g/mol. The highest BCUT2D eigenvalue weighted by molar-refractivity contribution is 7.34.